The van der Waals surface area contributed by atoms with Crippen molar-refractivity contribution in [3.8, 4) is 17.3 Å². The molecule has 2 aromatic heterocycles. The van der Waals surface area contributed by atoms with Crippen molar-refractivity contribution in [1.82, 2.24) is 9.55 Å². The minimum Gasteiger partial charge on any atom is -0.457 e. The van der Waals surface area contributed by atoms with Gasteiger partial charge in [0.1, 0.15) is 17.3 Å². The molecule has 0 atom stereocenters. The molecule has 250 valence electrons. The van der Waals surface area contributed by atoms with Crippen LogP contribution < -0.4 is 14.5 Å². The van der Waals surface area contributed by atoms with Crippen LogP contribution in [0.25, 0.3) is 27.6 Å². The molecular weight excluding hydrogens is 601 g/mol. The Kier molecular flexibility index (Phi) is 7.85. The Hall–Kier alpha value is -5.03. The van der Waals surface area contributed by atoms with Gasteiger partial charge < -0.3 is 14.5 Å². The Labute approximate surface area is 291 Å². The number of aromatic nitrogens is 2. The molecule has 0 unspecified atom stereocenters. The number of nitrogens with zero attached hydrogens (tertiary/aromatic N) is 4. The maximum atomic E-state index is 6.62. The van der Waals surface area contributed by atoms with E-state index in [9.17, 15) is 0 Å². The fourth-order valence-electron chi connectivity index (χ4n) is 6.73. The number of rotatable bonds is 5. The largest absolute Gasteiger partial charge is 0.457 e. The van der Waals surface area contributed by atoms with Gasteiger partial charge >= 0.3 is 0 Å². The molecule has 0 saturated heterocycles. The first kappa shape index (κ1) is 32.5. The zero-order valence-corrected chi connectivity index (χ0v) is 30.4. The van der Waals surface area contributed by atoms with Crippen molar-refractivity contribution < 1.29 is 4.74 Å². The van der Waals surface area contributed by atoms with E-state index < -0.39 is 0 Å². The van der Waals surface area contributed by atoms with Gasteiger partial charge in [-0.15, -0.1) is 0 Å². The molecule has 49 heavy (non-hydrogen) atoms. The molecule has 0 aliphatic carbocycles. The van der Waals surface area contributed by atoms with Gasteiger partial charge in [0.25, 0.3) is 0 Å². The predicted octanol–water partition coefficient (Wildman–Crippen LogP) is 11.7. The molecule has 0 radical (unpaired) electrons. The van der Waals surface area contributed by atoms with Gasteiger partial charge in [-0.05, 0) is 76.6 Å². The van der Waals surface area contributed by atoms with E-state index in [1.807, 2.05) is 12.3 Å². The quantitative estimate of drug-likeness (QED) is 0.186. The second-order valence-corrected chi connectivity index (χ2v) is 16.4. The van der Waals surface area contributed by atoms with Crippen LogP contribution in [0.1, 0.15) is 73.4 Å². The van der Waals surface area contributed by atoms with E-state index in [0.717, 1.165) is 40.7 Å². The Balaban J connectivity index is 1.23. The molecule has 5 heteroatoms. The summed E-state index contributed by atoms with van der Waals surface area (Å²) in [7, 11) is 0. The van der Waals surface area contributed by atoms with Crippen molar-refractivity contribution in [1.29, 1.82) is 0 Å². The average Bonchev–Trinajstić information content (AvgIpc) is 3.65. The van der Waals surface area contributed by atoms with E-state index >= 15 is 0 Å². The summed E-state index contributed by atoms with van der Waals surface area (Å²) in [6, 6.07) is 36.6. The van der Waals surface area contributed by atoms with Crippen LogP contribution in [0.2, 0.25) is 0 Å². The maximum Gasteiger partial charge on any atom is 0.137 e. The summed E-state index contributed by atoms with van der Waals surface area (Å²) >= 11 is 0. The van der Waals surface area contributed by atoms with Crippen LogP contribution in [0.3, 0.4) is 0 Å². The van der Waals surface area contributed by atoms with Gasteiger partial charge in [-0.2, -0.15) is 0 Å². The molecule has 5 nitrogen and oxygen atoms in total. The number of anilines is 2. The number of allylic oxidation sites excluding steroid dienone is 1. The fourth-order valence-corrected chi connectivity index (χ4v) is 6.73. The Morgan fingerprint density at radius 2 is 1.24 bits per heavy atom. The van der Waals surface area contributed by atoms with Gasteiger partial charge in [0.05, 0.1) is 17.7 Å². The van der Waals surface area contributed by atoms with E-state index in [1.165, 1.54) is 33.3 Å². The zero-order valence-electron chi connectivity index (χ0n) is 30.4. The minimum absolute atomic E-state index is 0.0153. The van der Waals surface area contributed by atoms with Gasteiger partial charge in [0.2, 0.25) is 0 Å². The highest BCUT2D eigenvalue weighted by Crippen LogP contribution is 2.41. The van der Waals surface area contributed by atoms with Crippen LogP contribution in [-0.4, -0.2) is 16.2 Å². The zero-order chi connectivity index (χ0) is 34.7. The van der Waals surface area contributed by atoms with Crippen LogP contribution in [0.5, 0.6) is 11.5 Å². The summed E-state index contributed by atoms with van der Waals surface area (Å²) in [5.74, 6) is 2.49. The third-order valence-electron chi connectivity index (χ3n) is 9.53. The van der Waals surface area contributed by atoms with E-state index in [2.05, 4.69) is 180 Å². The smallest absolute Gasteiger partial charge is 0.137 e. The summed E-state index contributed by atoms with van der Waals surface area (Å²) in [4.78, 5) is 9.61. The van der Waals surface area contributed by atoms with Crippen molar-refractivity contribution in [3.63, 3.8) is 0 Å². The summed E-state index contributed by atoms with van der Waals surface area (Å²) in [6.07, 6.45) is 4.22. The van der Waals surface area contributed by atoms with Gasteiger partial charge in [0.15, 0.2) is 0 Å². The summed E-state index contributed by atoms with van der Waals surface area (Å²) in [6.45, 7) is 21.1. The van der Waals surface area contributed by atoms with Gasteiger partial charge in [0, 0.05) is 57.8 Å². The van der Waals surface area contributed by atoms with Crippen molar-refractivity contribution in [2.24, 2.45) is 5.41 Å². The predicted molar refractivity (Wildman–Crippen MR) is 206 cm³/mol. The first-order chi connectivity index (χ1) is 23.2. The highest BCUT2D eigenvalue weighted by atomic mass is 16.5. The molecule has 0 N–H and O–H groups in total. The van der Waals surface area contributed by atoms with Gasteiger partial charge in [-0.3, -0.25) is 4.57 Å². The molecule has 4 aromatic carbocycles. The molecule has 6 aromatic rings. The number of ether oxygens (including phenoxy) is 1. The Bertz CT molecular complexity index is 2200. The minimum atomic E-state index is -0.0320. The van der Waals surface area contributed by atoms with Crippen molar-refractivity contribution in [2.45, 2.75) is 73.1 Å². The second kappa shape index (κ2) is 11.8. The van der Waals surface area contributed by atoms with E-state index in [4.69, 9.17) is 9.72 Å². The number of fused-ring (bicyclic) bond motifs is 3. The SMILES string of the molecule is CC(C)(C)C1=CN(c2cccc(Oc3ccc4c5ccccc5n(-c5cc(C(C)(C)C)ccn5)c4c3)c2)CN1c1cccc(C(C)(C)C)c1. The van der Waals surface area contributed by atoms with Crippen LogP contribution in [0, 0.1) is 5.41 Å². The van der Waals surface area contributed by atoms with Crippen molar-refractivity contribution in [2.75, 3.05) is 16.5 Å². The fraction of sp³-hybridized carbons (Fsp3) is 0.295. The molecular formula is C44H48N4O. The normalized spacial score (nSPS) is 14.2. The van der Waals surface area contributed by atoms with Gasteiger partial charge in [-0.1, -0.05) is 98.7 Å². The lowest BCUT2D eigenvalue weighted by molar-refractivity contribution is 0.483. The average molecular weight is 649 g/mol. The number of benzene rings is 4. The lowest BCUT2D eigenvalue weighted by atomic mass is 9.86. The van der Waals surface area contributed by atoms with Gasteiger partial charge in [-0.25, -0.2) is 4.98 Å². The summed E-state index contributed by atoms with van der Waals surface area (Å²) in [5, 5.41) is 2.37. The number of para-hydroxylation sites is 1. The molecule has 1 aliphatic heterocycles. The maximum absolute atomic E-state index is 6.62. The molecule has 1 aliphatic rings. The van der Waals surface area contributed by atoms with Crippen LogP contribution in [-0.2, 0) is 10.8 Å². The highest BCUT2D eigenvalue weighted by molar-refractivity contribution is 6.09. The lowest BCUT2D eigenvalue weighted by Crippen LogP contribution is -2.30. The first-order valence-electron chi connectivity index (χ1n) is 17.3. The Morgan fingerprint density at radius 1 is 0.571 bits per heavy atom. The lowest BCUT2D eigenvalue weighted by Gasteiger charge is -2.32. The molecule has 0 bridgehead atoms. The molecule has 7 rings (SSSR count). The summed E-state index contributed by atoms with van der Waals surface area (Å²) in [5.41, 5.74) is 8.43. The van der Waals surface area contributed by atoms with Crippen LogP contribution in [0.15, 0.2) is 121 Å². The third-order valence-corrected chi connectivity index (χ3v) is 9.53. The molecule has 0 fully saturated rings. The monoisotopic (exact) mass is 648 g/mol. The van der Waals surface area contributed by atoms with E-state index in [1.54, 1.807) is 0 Å². The van der Waals surface area contributed by atoms with E-state index in [0.29, 0.717) is 0 Å². The molecule has 0 amide bonds. The highest BCUT2D eigenvalue weighted by Gasteiger charge is 2.32. The topological polar surface area (TPSA) is 33.5 Å². The van der Waals surface area contributed by atoms with Crippen LogP contribution in [0.4, 0.5) is 11.4 Å². The second-order valence-electron chi connectivity index (χ2n) is 16.4. The number of hydrogen-bond donors (Lipinski definition) is 0. The first-order valence-corrected chi connectivity index (χ1v) is 17.3. The number of hydrogen-bond acceptors (Lipinski definition) is 4. The molecule has 3 heterocycles. The third kappa shape index (κ3) is 6.30. The van der Waals surface area contributed by atoms with Crippen molar-refractivity contribution in [3.05, 3.63) is 132 Å². The standard InChI is InChI=1S/C44H48N4O/c1-42(2,3)30-14-12-16-33(24-30)47-29-46(28-40(47)44(7,8)9)32-15-13-17-34(26-32)49-35-20-21-37-36-18-10-11-19-38(36)48(39(37)27-35)41-25-31(22-23-45-41)43(4,5)6/h10-28H,29H2,1-9H3. The molecule has 0 spiro atoms. The summed E-state index contributed by atoms with van der Waals surface area (Å²) < 4.78 is 8.88. The van der Waals surface area contributed by atoms with E-state index in [-0.39, 0.29) is 16.2 Å². The van der Waals surface area contributed by atoms with Crippen LogP contribution >= 0.6 is 0 Å². The number of pyridine rings is 1. The van der Waals surface area contributed by atoms with Crippen molar-refractivity contribution >= 4 is 33.2 Å². The Morgan fingerprint density at radius 3 is 2.00 bits per heavy atom. The molecule has 0 saturated carbocycles.